The molecule has 21 heavy (non-hydrogen) atoms. The Morgan fingerprint density at radius 2 is 1.90 bits per heavy atom. The fraction of sp³-hybridized carbons (Fsp3) is 0.938. The van der Waals surface area contributed by atoms with E-state index in [-0.39, 0.29) is 24.0 Å². The molecule has 0 amide bonds. The molecule has 2 N–H and O–H groups in total. The van der Waals surface area contributed by atoms with E-state index in [1.807, 2.05) is 7.05 Å². The molecule has 0 spiro atoms. The van der Waals surface area contributed by atoms with E-state index in [1.54, 1.807) is 0 Å². The number of halogens is 1. The Morgan fingerprint density at radius 1 is 1.19 bits per heavy atom. The molecule has 2 rings (SSSR count). The molecule has 4 nitrogen and oxygen atoms in total. The van der Waals surface area contributed by atoms with Crippen LogP contribution >= 0.6 is 24.0 Å². The second kappa shape index (κ2) is 9.87. The van der Waals surface area contributed by atoms with Crippen LogP contribution in [0.2, 0.25) is 0 Å². The smallest absolute Gasteiger partial charge is 0.191 e. The number of nitrogens with one attached hydrogen (secondary N) is 2. The molecule has 0 aromatic rings. The van der Waals surface area contributed by atoms with Crippen molar-refractivity contribution < 1.29 is 4.74 Å². The second-order valence-electron chi connectivity index (χ2n) is 6.59. The predicted molar refractivity (Wildman–Crippen MR) is 99.5 cm³/mol. The highest BCUT2D eigenvalue weighted by Gasteiger charge is 2.24. The number of aliphatic imine (C=N–C) groups is 1. The van der Waals surface area contributed by atoms with Gasteiger partial charge in [0.25, 0.3) is 0 Å². The molecular formula is C16H32IN3O. The Bertz CT molecular complexity index is 309. The Kier molecular flexibility index (Phi) is 8.94. The number of hydrogen-bond donors (Lipinski definition) is 2. The Balaban J connectivity index is 0.00000220. The summed E-state index contributed by atoms with van der Waals surface area (Å²) in [5.74, 6) is 2.68. The fourth-order valence-electron chi connectivity index (χ4n) is 3.33. The van der Waals surface area contributed by atoms with Crippen LogP contribution in [-0.2, 0) is 4.74 Å². The van der Waals surface area contributed by atoms with Gasteiger partial charge in [-0.2, -0.15) is 0 Å². The lowest BCUT2D eigenvalue weighted by molar-refractivity contribution is 0.113. The van der Waals surface area contributed by atoms with Crippen LogP contribution < -0.4 is 10.6 Å². The number of rotatable bonds is 4. The Labute approximate surface area is 146 Å². The third-order valence-electron chi connectivity index (χ3n) is 4.80. The van der Waals surface area contributed by atoms with E-state index in [0.717, 1.165) is 30.9 Å². The minimum Gasteiger partial charge on any atom is -0.376 e. The maximum Gasteiger partial charge on any atom is 0.191 e. The van der Waals surface area contributed by atoms with Gasteiger partial charge >= 0.3 is 0 Å². The summed E-state index contributed by atoms with van der Waals surface area (Å²) < 4.78 is 5.63. The van der Waals surface area contributed by atoms with Gasteiger partial charge in [-0.15, -0.1) is 24.0 Å². The molecule has 124 valence electrons. The van der Waals surface area contributed by atoms with Crippen LogP contribution in [0.1, 0.15) is 52.4 Å². The van der Waals surface area contributed by atoms with Crippen LogP contribution in [0.4, 0.5) is 0 Å². The zero-order chi connectivity index (χ0) is 14.4. The summed E-state index contributed by atoms with van der Waals surface area (Å²) in [6.45, 7) is 6.49. The molecule has 1 unspecified atom stereocenters. The summed E-state index contributed by atoms with van der Waals surface area (Å²) in [5, 5.41) is 6.98. The topological polar surface area (TPSA) is 45.7 Å². The lowest BCUT2D eigenvalue weighted by Crippen LogP contribution is -2.46. The number of nitrogens with zero attached hydrogens (tertiary/aromatic N) is 1. The number of ether oxygens (including phenoxy) is 1. The molecular weight excluding hydrogens is 377 g/mol. The summed E-state index contributed by atoms with van der Waals surface area (Å²) >= 11 is 0. The SMILES string of the molecule is CN=C(NCC1CCCO1)NC1CCC(C(C)C)CC1.I. The average Bonchev–Trinajstić information content (AvgIpc) is 2.97. The molecule has 0 bridgehead atoms. The highest BCUT2D eigenvalue weighted by atomic mass is 127. The molecule has 1 aliphatic carbocycles. The maximum atomic E-state index is 5.63. The van der Waals surface area contributed by atoms with E-state index in [1.165, 1.54) is 38.5 Å². The first kappa shape index (κ1) is 19.0. The zero-order valence-corrected chi connectivity index (χ0v) is 16.1. The largest absolute Gasteiger partial charge is 0.376 e. The predicted octanol–water partition coefficient (Wildman–Crippen LogP) is 3.16. The Hall–Kier alpha value is -0.0400. The van der Waals surface area contributed by atoms with Crippen molar-refractivity contribution in [3.63, 3.8) is 0 Å². The first-order chi connectivity index (χ1) is 9.69. The van der Waals surface area contributed by atoms with Gasteiger partial charge in [0, 0.05) is 26.2 Å². The molecule has 1 saturated carbocycles. The zero-order valence-electron chi connectivity index (χ0n) is 13.7. The highest BCUT2D eigenvalue weighted by molar-refractivity contribution is 14.0. The molecule has 5 heteroatoms. The summed E-state index contributed by atoms with van der Waals surface area (Å²) in [4.78, 5) is 4.34. The van der Waals surface area contributed by atoms with E-state index in [4.69, 9.17) is 4.74 Å². The number of guanidine groups is 1. The van der Waals surface area contributed by atoms with Crippen molar-refractivity contribution in [1.29, 1.82) is 0 Å². The quantitative estimate of drug-likeness (QED) is 0.426. The molecule has 2 fully saturated rings. The van der Waals surface area contributed by atoms with Crippen molar-refractivity contribution in [3.05, 3.63) is 0 Å². The van der Waals surface area contributed by atoms with Crippen LogP contribution in [0.25, 0.3) is 0 Å². The summed E-state index contributed by atoms with van der Waals surface area (Å²) in [5.41, 5.74) is 0. The van der Waals surface area contributed by atoms with Crippen molar-refractivity contribution in [2.24, 2.45) is 16.8 Å². The van der Waals surface area contributed by atoms with E-state index in [9.17, 15) is 0 Å². The van der Waals surface area contributed by atoms with Crippen molar-refractivity contribution in [1.82, 2.24) is 10.6 Å². The minimum absolute atomic E-state index is 0. The van der Waals surface area contributed by atoms with Crippen molar-refractivity contribution >= 4 is 29.9 Å². The van der Waals surface area contributed by atoms with Crippen LogP contribution in [0, 0.1) is 11.8 Å². The van der Waals surface area contributed by atoms with E-state index < -0.39 is 0 Å². The molecule has 1 aliphatic heterocycles. The number of hydrogen-bond acceptors (Lipinski definition) is 2. The van der Waals surface area contributed by atoms with Gasteiger partial charge in [0.05, 0.1) is 6.10 Å². The molecule has 0 aromatic heterocycles. The third kappa shape index (κ3) is 6.30. The van der Waals surface area contributed by atoms with Crippen molar-refractivity contribution in [2.45, 2.75) is 64.5 Å². The van der Waals surface area contributed by atoms with Gasteiger partial charge in [0.2, 0.25) is 0 Å². The normalized spacial score (nSPS) is 30.1. The maximum absolute atomic E-state index is 5.63. The van der Waals surface area contributed by atoms with Crippen LogP contribution in [-0.4, -0.2) is 38.3 Å². The average molecular weight is 409 g/mol. The first-order valence-corrected chi connectivity index (χ1v) is 8.27. The van der Waals surface area contributed by atoms with E-state index >= 15 is 0 Å². The lowest BCUT2D eigenvalue weighted by Gasteiger charge is -2.32. The van der Waals surface area contributed by atoms with Gasteiger partial charge in [0.1, 0.15) is 0 Å². The van der Waals surface area contributed by atoms with Gasteiger partial charge < -0.3 is 15.4 Å². The fourth-order valence-corrected chi connectivity index (χ4v) is 3.33. The van der Waals surface area contributed by atoms with Gasteiger partial charge in [-0.05, 0) is 50.4 Å². The highest BCUT2D eigenvalue weighted by Crippen LogP contribution is 2.29. The molecule has 1 atom stereocenters. The van der Waals surface area contributed by atoms with E-state index in [2.05, 4.69) is 29.5 Å². The third-order valence-corrected chi connectivity index (χ3v) is 4.80. The summed E-state index contributed by atoms with van der Waals surface area (Å²) in [7, 11) is 1.85. The van der Waals surface area contributed by atoms with Crippen molar-refractivity contribution in [2.75, 3.05) is 20.2 Å². The van der Waals surface area contributed by atoms with Gasteiger partial charge in [0.15, 0.2) is 5.96 Å². The molecule has 1 saturated heterocycles. The van der Waals surface area contributed by atoms with Gasteiger partial charge in [-0.1, -0.05) is 13.8 Å². The molecule has 1 heterocycles. The first-order valence-electron chi connectivity index (χ1n) is 8.27. The van der Waals surface area contributed by atoms with Crippen molar-refractivity contribution in [3.8, 4) is 0 Å². The molecule has 2 aliphatic rings. The van der Waals surface area contributed by atoms with E-state index in [0.29, 0.717) is 12.1 Å². The van der Waals surface area contributed by atoms with Gasteiger partial charge in [-0.3, -0.25) is 4.99 Å². The molecule has 0 radical (unpaired) electrons. The van der Waals surface area contributed by atoms with Crippen LogP contribution in [0.5, 0.6) is 0 Å². The van der Waals surface area contributed by atoms with Gasteiger partial charge in [-0.25, -0.2) is 0 Å². The van der Waals surface area contributed by atoms with Crippen LogP contribution in [0.3, 0.4) is 0 Å². The summed E-state index contributed by atoms with van der Waals surface area (Å²) in [6.07, 6.45) is 7.95. The Morgan fingerprint density at radius 3 is 2.43 bits per heavy atom. The summed E-state index contributed by atoms with van der Waals surface area (Å²) in [6, 6.07) is 0.584. The molecule has 0 aromatic carbocycles. The second-order valence-corrected chi connectivity index (χ2v) is 6.59. The minimum atomic E-state index is 0. The lowest BCUT2D eigenvalue weighted by atomic mass is 9.80. The monoisotopic (exact) mass is 409 g/mol. The van der Waals surface area contributed by atoms with Crippen LogP contribution in [0.15, 0.2) is 4.99 Å². The standard InChI is InChI=1S/C16H31N3O.HI/c1-12(2)13-6-8-14(9-7-13)19-16(17-3)18-11-15-5-4-10-20-15;/h12-15H,4-11H2,1-3H3,(H2,17,18,19);1H.